The minimum atomic E-state index is -2.95. The molecule has 232 valence electrons. The van der Waals surface area contributed by atoms with Crippen LogP contribution in [-0.2, 0) is 0 Å². The number of benzene rings is 7. The summed E-state index contributed by atoms with van der Waals surface area (Å²) in [6.45, 7) is 0. The molecule has 0 fully saturated rings. The van der Waals surface area contributed by atoms with E-state index >= 15 is 0 Å². The zero-order valence-electron chi connectivity index (χ0n) is 27.0. The average Bonchev–Trinajstić information content (AvgIpc) is 3.52. The Morgan fingerprint density at radius 2 is 1.06 bits per heavy atom. The van der Waals surface area contributed by atoms with Crippen molar-refractivity contribution in [3.63, 3.8) is 0 Å². The average molecular weight is 653 g/mol. The molecule has 8 aromatic rings. The number of para-hydroxylation sites is 1. The zero-order valence-corrected chi connectivity index (χ0v) is 28.0. The summed E-state index contributed by atoms with van der Waals surface area (Å²) >= 11 is 0. The third kappa shape index (κ3) is 4.72. The van der Waals surface area contributed by atoms with Gasteiger partial charge in [0.2, 0.25) is 0 Å². The van der Waals surface area contributed by atoms with Crippen molar-refractivity contribution in [2.75, 3.05) is 0 Å². The van der Waals surface area contributed by atoms with Gasteiger partial charge in [-0.1, -0.05) is 133 Å². The van der Waals surface area contributed by atoms with E-state index in [4.69, 9.17) is 0 Å². The summed E-state index contributed by atoms with van der Waals surface area (Å²) in [5.74, 6) is 0. The van der Waals surface area contributed by atoms with Gasteiger partial charge in [0, 0.05) is 16.3 Å². The molecule has 0 unspecified atom stereocenters. The molecule has 7 aromatic carbocycles. The summed E-state index contributed by atoms with van der Waals surface area (Å²) in [4.78, 5) is 0. The Hall–Kier alpha value is -6.97. The Morgan fingerprint density at radius 3 is 1.66 bits per heavy atom. The monoisotopic (exact) mass is 652 g/mol. The lowest BCUT2D eigenvalue weighted by Crippen LogP contribution is -2.75. The minimum absolute atomic E-state index is 0.508. The van der Waals surface area contributed by atoms with E-state index in [0.717, 1.165) is 43.8 Å². The lowest BCUT2D eigenvalue weighted by atomic mass is 9.97. The van der Waals surface area contributed by atoms with E-state index in [2.05, 4.69) is 108 Å². The standard InChI is InChI=1S/C45H28N4Si/c46-29-32-23-25-44-40(27-32)39-19-10-11-21-42(39)49(44)43-22-12-20-38(41(43)31-48)33-24-26-45(34(28-33)30-47)50(35-13-4-1-5-14-35,36-15-6-2-7-16-36)37-17-8-3-9-18-37/h1-28H. The molecule has 0 N–H and O–H groups in total. The topological polar surface area (TPSA) is 76.3 Å². The van der Waals surface area contributed by atoms with Gasteiger partial charge in [-0.2, -0.15) is 15.8 Å². The SMILES string of the molecule is N#Cc1ccc2c(c1)c1ccccc1n2-c1cccc(-c2ccc([Si](c3ccccc3)(c3ccccc3)c3ccccc3)c(C#N)c2)c1C#N. The van der Waals surface area contributed by atoms with E-state index in [-0.39, 0.29) is 0 Å². The Bertz CT molecular complexity index is 2580. The molecule has 0 bridgehead atoms. The number of nitrogens with zero attached hydrogens (tertiary/aromatic N) is 4. The molecule has 0 aliphatic carbocycles. The van der Waals surface area contributed by atoms with Crippen molar-refractivity contribution in [1.82, 2.24) is 4.57 Å². The second-order valence-electron chi connectivity index (χ2n) is 12.2. The Kier molecular flexibility index (Phi) is 7.63. The second kappa shape index (κ2) is 12.6. The van der Waals surface area contributed by atoms with Crippen molar-refractivity contribution in [3.8, 4) is 35.0 Å². The van der Waals surface area contributed by atoms with Crippen LogP contribution in [0.2, 0.25) is 0 Å². The van der Waals surface area contributed by atoms with Crippen LogP contribution in [0.25, 0.3) is 38.6 Å². The van der Waals surface area contributed by atoms with E-state index in [1.165, 1.54) is 15.6 Å². The highest BCUT2D eigenvalue weighted by atomic mass is 28.3. The van der Waals surface area contributed by atoms with Gasteiger partial charge < -0.3 is 4.57 Å². The summed E-state index contributed by atoms with van der Waals surface area (Å²) in [6.07, 6.45) is 0. The molecule has 0 radical (unpaired) electrons. The van der Waals surface area contributed by atoms with Crippen molar-refractivity contribution >= 4 is 50.6 Å². The molecule has 0 amide bonds. The number of aromatic nitrogens is 1. The fraction of sp³-hybridized carbons (Fsp3) is 0. The van der Waals surface area contributed by atoms with Crippen LogP contribution in [0.5, 0.6) is 0 Å². The van der Waals surface area contributed by atoms with Crippen LogP contribution < -0.4 is 20.7 Å². The highest BCUT2D eigenvalue weighted by Crippen LogP contribution is 2.36. The molecular formula is C45H28N4Si. The predicted octanol–water partition coefficient (Wildman–Crippen LogP) is 7.44. The molecule has 0 aliphatic rings. The number of nitriles is 3. The molecule has 0 spiro atoms. The van der Waals surface area contributed by atoms with Gasteiger partial charge in [-0.3, -0.25) is 0 Å². The van der Waals surface area contributed by atoms with Gasteiger partial charge in [-0.05, 0) is 62.7 Å². The summed E-state index contributed by atoms with van der Waals surface area (Å²) < 4.78 is 2.10. The van der Waals surface area contributed by atoms with E-state index < -0.39 is 8.07 Å². The lowest BCUT2D eigenvalue weighted by molar-refractivity contribution is 1.17. The van der Waals surface area contributed by atoms with E-state index in [1.54, 1.807) is 0 Å². The molecule has 0 saturated carbocycles. The normalized spacial score (nSPS) is 11.1. The molecule has 1 heterocycles. The maximum absolute atomic E-state index is 10.9. The smallest absolute Gasteiger partial charge is 0.180 e. The van der Waals surface area contributed by atoms with Crippen molar-refractivity contribution in [3.05, 3.63) is 187 Å². The summed E-state index contributed by atoms with van der Waals surface area (Å²) in [5.41, 5.74) is 5.83. The van der Waals surface area contributed by atoms with Gasteiger partial charge in [0.25, 0.3) is 0 Å². The van der Waals surface area contributed by atoms with Crippen LogP contribution in [0.15, 0.2) is 170 Å². The van der Waals surface area contributed by atoms with Crippen molar-refractivity contribution in [1.29, 1.82) is 15.8 Å². The number of fused-ring (bicyclic) bond motifs is 3. The largest absolute Gasteiger partial charge is 0.308 e. The number of rotatable bonds is 6. The van der Waals surface area contributed by atoms with Gasteiger partial charge in [0.1, 0.15) is 6.07 Å². The zero-order chi connectivity index (χ0) is 34.1. The first-order valence-electron chi connectivity index (χ1n) is 16.4. The first-order valence-corrected chi connectivity index (χ1v) is 18.4. The van der Waals surface area contributed by atoms with Crippen LogP contribution >= 0.6 is 0 Å². The van der Waals surface area contributed by atoms with Crippen LogP contribution in [0.3, 0.4) is 0 Å². The molecule has 5 heteroatoms. The van der Waals surface area contributed by atoms with Gasteiger partial charge in [-0.25, -0.2) is 0 Å². The molecule has 1 aromatic heterocycles. The van der Waals surface area contributed by atoms with Crippen molar-refractivity contribution in [2.24, 2.45) is 0 Å². The summed E-state index contributed by atoms with van der Waals surface area (Å²) in [5, 5.41) is 37.8. The van der Waals surface area contributed by atoms with Crippen LogP contribution in [-0.4, -0.2) is 12.6 Å². The fourth-order valence-electron chi connectivity index (χ4n) is 7.55. The number of hydrogen-bond donors (Lipinski definition) is 0. The summed E-state index contributed by atoms with van der Waals surface area (Å²) in [6, 6.07) is 64.7. The quantitative estimate of drug-likeness (QED) is 0.138. The summed E-state index contributed by atoms with van der Waals surface area (Å²) in [7, 11) is -2.95. The maximum Gasteiger partial charge on any atom is 0.180 e. The second-order valence-corrected chi connectivity index (χ2v) is 16.0. The van der Waals surface area contributed by atoms with E-state index in [1.807, 2.05) is 84.9 Å². The highest BCUT2D eigenvalue weighted by Gasteiger charge is 2.43. The molecule has 4 nitrogen and oxygen atoms in total. The number of hydrogen-bond acceptors (Lipinski definition) is 3. The Labute approximate surface area is 291 Å². The molecule has 50 heavy (non-hydrogen) atoms. The first kappa shape index (κ1) is 30.4. The highest BCUT2D eigenvalue weighted by molar-refractivity contribution is 7.20. The molecule has 8 rings (SSSR count). The molecule has 0 atom stereocenters. The molecular weight excluding hydrogens is 625 g/mol. The van der Waals surface area contributed by atoms with Crippen LogP contribution in [0.4, 0.5) is 0 Å². The van der Waals surface area contributed by atoms with Gasteiger partial charge in [-0.15, -0.1) is 0 Å². The first-order chi connectivity index (χ1) is 24.7. The third-order valence-electron chi connectivity index (χ3n) is 9.67. The van der Waals surface area contributed by atoms with E-state index in [0.29, 0.717) is 16.7 Å². The molecule has 0 saturated heterocycles. The Morgan fingerprint density at radius 1 is 0.460 bits per heavy atom. The van der Waals surface area contributed by atoms with Crippen molar-refractivity contribution < 1.29 is 0 Å². The third-order valence-corrected chi connectivity index (χ3v) is 14.5. The lowest BCUT2D eigenvalue weighted by Gasteiger charge is -2.35. The van der Waals surface area contributed by atoms with Gasteiger partial charge >= 0.3 is 0 Å². The van der Waals surface area contributed by atoms with Crippen LogP contribution in [0, 0.1) is 34.0 Å². The fourth-order valence-corrected chi connectivity index (χ4v) is 12.4. The predicted molar refractivity (Wildman–Crippen MR) is 204 cm³/mol. The Balaban J connectivity index is 1.38. The van der Waals surface area contributed by atoms with Gasteiger partial charge in [0.05, 0.1) is 45.5 Å². The van der Waals surface area contributed by atoms with Gasteiger partial charge in [0.15, 0.2) is 8.07 Å². The van der Waals surface area contributed by atoms with Crippen molar-refractivity contribution in [2.45, 2.75) is 0 Å². The van der Waals surface area contributed by atoms with Crippen LogP contribution in [0.1, 0.15) is 16.7 Å². The van der Waals surface area contributed by atoms with E-state index in [9.17, 15) is 15.8 Å². The molecule has 0 aliphatic heterocycles. The minimum Gasteiger partial charge on any atom is -0.308 e. The maximum atomic E-state index is 10.9.